The maximum atomic E-state index is 13.6. The first-order valence-electron chi connectivity index (χ1n) is 5.45. The summed E-state index contributed by atoms with van der Waals surface area (Å²) in [4.78, 5) is 0. The molecule has 1 saturated heterocycles. The molecule has 2 rings (SSSR count). The minimum absolute atomic E-state index is 0.0312. The molecule has 1 nitrogen and oxygen atoms in total. The van der Waals surface area contributed by atoms with E-state index >= 15 is 0 Å². The van der Waals surface area contributed by atoms with Crippen molar-refractivity contribution in [1.82, 2.24) is 5.32 Å². The molecular formula is C12H14F3N. The number of piperidine rings is 1. The standard InChI is InChI=1S/C12H14F3N/c1-7-6-16-5-4-8(7)9-2-3-10(13)12(15)11(9)14/h2-3,7-8,16H,4-6H2,1H3. The second-order valence-corrected chi connectivity index (χ2v) is 4.34. The number of benzene rings is 1. The van der Waals surface area contributed by atoms with Crippen LogP contribution in [0.2, 0.25) is 0 Å². The van der Waals surface area contributed by atoms with Gasteiger partial charge in [-0.2, -0.15) is 0 Å². The summed E-state index contributed by atoms with van der Waals surface area (Å²) >= 11 is 0. The molecule has 1 N–H and O–H groups in total. The Morgan fingerprint density at radius 1 is 1.19 bits per heavy atom. The molecule has 0 bridgehead atoms. The van der Waals surface area contributed by atoms with Gasteiger partial charge in [-0.1, -0.05) is 13.0 Å². The monoisotopic (exact) mass is 229 g/mol. The Hall–Kier alpha value is -1.03. The van der Waals surface area contributed by atoms with Crippen molar-refractivity contribution in [2.75, 3.05) is 13.1 Å². The maximum absolute atomic E-state index is 13.6. The van der Waals surface area contributed by atoms with Gasteiger partial charge in [0.15, 0.2) is 17.5 Å². The van der Waals surface area contributed by atoms with Crippen molar-refractivity contribution in [3.8, 4) is 0 Å². The first-order chi connectivity index (χ1) is 7.61. The van der Waals surface area contributed by atoms with Gasteiger partial charge in [-0.25, -0.2) is 13.2 Å². The summed E-state index contributed by atoms with van der Waals surface area (Å²) in [7, 11) is 0. The lowest BCUT2D eigenvalue weighted by Crippen LogP contribution is -2.34. The van der Waals surface area contributed by atoms with Gasteiger partial charge in [0.1, 0.15) is 0 Å². The van der Waals surface area contributed by atoms with Crippen LogP contribution in [0.1, 0.15) is 24.8 Å². The molecule has 1 aliphatic rings. The molecule has 1 aromatic rings. The molecule has 1 fully saturated rings. The SMILES string of the molecule is CC1CNCCC1c1ccc(F)c(F)c1F. The number of hydrogen-bond acceptors (Lipinski definition) is 1. The summed E-state index contributed by atoms with van der Waals surface area (Å²) in [6, 6.07) is 2.36. The molecule has 0 aliphatic carbocycles. The largest absolute Gasteiger partial charge is 0.316 e. The van der Waals surface area contributed by atoms with E-state index in [1.807, 2.05) is 6.92 Å². The Morgan fingerprint density at radius 2 is 1.94 bits per heavy atom. The van der Waals surface area contributed by atoms with Gasteiger partial charge in [-0.3, -0.25) is 0 Å². The Labute approximate surface area is 92.7 Å². The van der Waals surface area contributed by atoms with Crippen LogP contribution >= 0.6 is 0 Å². The molecule has 0 saturated carbocycles. The van der Waals surface area contributed by atoms with E-state index in [1.54, 1.807) is 0 Å². The highest BCUT2D eigenvalue weighted by Crippen LogP contribution is 2.32. The zero-order chi connectivity index (χ0) is 11.7. The number of rotatable bonds is 1. The highest BCUT2D eigenvalue weighted by Gasteiger charge is 2.27. The van der Waals surface area contributed by atoms with Crippen LogP contribution in [0.3, 0.4) is 0 Å². The van der Waals surface area contributed by atoms with Gasteiger partial charge in [0.05, 0.1) is 0 Å². The summed E-state index contributed by atoms with van der Waals surface area (Å²) < 4.78 is 39.5. The first-order valence-corrected chi connectivity index (χ1v) is 5.45. The van der Waals surface area contributed by atoms with E-state index < -0.39 is 17.5 Å². The quantitative estimate of drug-likeness (QED) is 0.730. The maximum Gasteiger partial charge on any atom is 0.194 e. The zero-order valence-corrected chi connectivity index (χ0v) is 9.06. The Bertz CT molecular complexity index is 392. The fourth-order valence-electron chi connectivity index (χ4n) is 2.30. The fourth-order valence-corrected chi connectivity index (χ4v) is 2.30. The molecule has 88 valence electrons. The molecule has 2 atom stereocenters. The highest BCUT2D eigenvalue weighted by molar-refractivity contribution is 5.25. The third kappa shape index (κ3) is 1.94. The van der Waals surface area contributed by atoms with Crippen molar-refractivity contribution in [3.63, 3.8) is 0 Å². The van der Waals surface area contributed by atoms with Gasteiger partial charge in [0.2, 0.25) is 0 Å². The summed E-state index contributed by atoms with van der Waals surface area (Å²) in [6.07, 6.45) is 0.753. The molecule has 2 unspecified atom stereocenters. The smallest absolute Gasteiger partial charge is 0.194 e. The number of halogens is 3. The van der Waals surface area contributed by atoms with Crippen LogP contribution in [0.4, 0.5) is 13.2 Å². The highest BCUT2D eigenvalue weighted by atomic mass is 19.2. The van der Waals surface area contributed by atoms with Gasteiger partial charge in [-0.05, 0) is 43.0 Å². The molecule has 1 aromatic carbocycles. The number of hydrogen-bond donors (Lipinski definition) is 1. The third-order valence-electron chi connectivity index (χ3n) is 3.25. The first kappa shape index (κ1) is 11.5. The molecule has 0 aromatic heterocycles. The summed E-state index contributed by atoms with van der Waals surface area (Å²) in [5, 5.41) is 3.19. The van der Waals surface area contributed by atoms with E-state index in [-0.39, 0.29) is 11.8 Å². The van der Waals surface area contributed by atoms with E-state index in [2.05, 4.69) is 5.32 Å². The van der Waals surface area contributed by atoms with Crippen LogP contribution in [0.5, 0.6) is 0 Å². The summed E-state index contributed by atoms with van der Waals surface area (Å²) in [6.45, 7) is 3.55. The Balaban J connectivity index is 2.36. The van der Waals surface area contributed by atoms with Gasteiger partial charge in [0, 0.05) is 0 Å². The molecule has 0 radical (unpaired) electrons. The topological polar surface area (TPSA) is 12.0 Å². The lowest BCUT2D eigenvalue weighted by molar-refractivity contribution is 0.334. The molecule has 16 heavy (non-hydrogen) atoms. The van der Waals surface area contributed by atoms with Gasteiger partial charge in [-0.15, -0.1) is 0 Å². The van der Waals surface area contributed by atoms with Crippen LogP contribution in [0, 0.1) is 23.4 Å². The molecule has 0 spiro atoms. The second-order valence-electron chi connectivity index (χ2n) is 4.34. The second kappa shape index (κ2) is 4.45. The predicted octanol–water partition coefficient (Wildman–Crippen LogP) is 2.82. The van der Waals surface area contributed by atoms with Crippen molar-refractivity contribution in [2.45, 2.75) is 19.3 Å². The van der Waals surface area contributed by atoms with Crippen LogP contribution in [0.15, 0.2) is 12.1 Å². The lowest BCUT2D eigenvalue weighted by atomic mass is 9.82. The summed E-state index contributed by atoms with van der Waals surface area (Å²) in [5.74, 6) is -3.31. The van der Waals surface area contributed by atoms with E-state index in [1.165, 1.54) is 6.07 Å². The average molecular weight is 229 g/mol. The normalized spacial score (nSPS) is 25.8. The van der Waals surface area contributed by atoms with Crippen LogP contribution in [-0.2, 0) is 0 Å². The minimum atomic E-state index is -1.36. The van der Waals surface area contributed by atoms with Crippen molar-refractivity contribution in [1.29, 1.82) is 0 Å². The molecular weight excluding hydrogens is 215 g/mol. The van der Waals surface area contributed by atoms with Crippen LogP contribution in [0.25, 0.3) is 0 Å². The molecule has 4 heteroatoms. The van der Waals surface area contributed by atoms with Crippen molar-refractivity contribution in [2.24, 2.45) is 5.92 Å². The van der Waals surface area contributed by atoms with Crippen molar-refractivity contribution >= 4 is 0 Å². The fraction of sp³-hybridized carbons (Fsp3) is 0.500. The van der Waals surface area contributed by atoms with Crippen LogP contribution in [-0.4, -0.2) is 13.1 Å². The van der Waals surface area contributed by atoms with Gasteiger partial charge < -0.3 is 5.32 Å². The average Bonchev–Trinajstić information content (AvgIpc) is 2.28. The van der Waals surface area contributed by atoms with Crippen LogP contribution < -0.4 is 5.32 Å². The van der Waals surface area contributed by atoms with E-state index in [0.29, 0.717) is 5.56 Å². The van der Waals surface area contributed by atoms with E-state index in [4.69, 9.17) is 0 Å². The Kier molecular flexibility index (Phi) is 3.19. The molecule has 1 heterocycles. The number of nitrogens with one attached hydrogen (secondary N) is 1. The Morgan fingerprint density at radius 3 is 2.62 bits per heavy atom. The van der Waals surface area contributed by atoms with Gasteiger partial charge in [0.25, 0.3) is 0 Å². The predicted molar refractivity (Wildman–Crippen MR) is 55.7 cm³/mol. The van der Waals surface area contributed by atoms with Crippen molar-refractivity contribution < 1.29 is 13.2 Å². The minimum Gasteiger partial charge on any atom is -0.316 e. The zero-order valence-electron chi connectivity index (χ0n) is 9.06. The van der Waals surface area contributed by atoms with E-state index in [0.717, 1.165) is 25.6 Å². The van der Waals surface area contributed by atoms with Crippen molar-refractivity contribution in [3.05, 3.63) is 35.1 Å². The van der Waals surface area contributed by atoms with E-state index in [9.17, 15) is 13.2 Å². The third-order valence-corrected chi connectivity index (χ3v) is 3.25. The summed E-state index contributed by atoms with van der Waals surface area (Å²) in [5.41, 5.74) is 0.299. The molecule has 0 amide bonds. The lowest BCUT2D eigenvalue weighted by Gasteiger charge is -2.30. The van der Waals surface area contributed by atoms with Gasteiger partial charge >= 0.3 is 0 Å². The molecule has 1 aliphatic heterocycles.